The average molecular weight is 218 g/mol. The second kappa shape index (κ2) is 4.90. The van der Waals surface area contributed by atoms with Crippen LogP contribution in [0.3, 0.4) is 0 Å². The van der Waals surface area contributed by atoms with Gasteiger partial charge in [-0.2, -0.15) is 5.10 Å². The molecule has 4 nitrogen and oxygen atoms in total. The lowest BCUT2D eigenvalue weighted by atomic mass is 10.1. The maximum absolute atomic E-state index is 11.9. The Morgan fingerprint density at radius 1 is 1.50 bits per heavy atom. The monoisotopic (exact) mass is 218 g/mol. The van der Waals surface area contributed by atoms with Crippen LogP contribution in [0.2, 0.25) is 0 Å². The molecule has 0 aliphatic rings. The largest absolute Gasteiger partial charge is 0.385 e. The normalized spacial score (nSPS) is 10.8. The highest BCUT2D eigenvalue weighted by atomic mass is 16.5. The molecule has 16 heavy (non-hydrogen) atoms. The van der Waals surface area contributed by atoms with E-state index in [1.807, 2.05) is 24.4 Å². The van der Waals surface area contributed by atoms with E-state index in [0.717, 1.165) is 11.9 Å². The molecule has 2 heterocycles. The first-order valence-electron chi connectivity index (χ1n) is 5.27. The summed E-state index contributed by atoms with van der Waals surface area (Å²) >= 11 is 0. The van der Waals surface area contributed by atoms with Crippen LogP contribution in [0.1, 0.15) is 23.2 Å². The fraction of sp³-hybridized carbons (Fsp3) is 0.333. The highest BCUT2D eigenvalue weighted by Crippen LogP contribution is 2.12. The number of carbonyl (C=O) groups excluding carboxylic acids is 1. The summed E-state index contributed by atoms with van der Waals surface area (Å²) in [5.41, 5.74) is 1.56. The smallest absolute Gasteiger partial charge is 0.166 e. The van der Waals surface area contributed by atoms with Gasteiger partial charge in [-0.3, -0.25) is 4.79 Å². The van der Waals surface area contributed by atoms with Crippen molar-refractivity contribution in [2.75, 3.05) is 13.7 Å². The molecule has 4 heteroatoms. The van der Waals surface area contributed by atoms with E-state index in [2.05, 4.69) is 5.10 Å². The highest BCUT2D eigenvalue weighted by Gasteiger charge is 2.11. The molecule has 0 N–H and O–H groups in total. The molecule has 0 aromatic carbocycles. The Morgan fingerprint density at radius 2 is 2.38 bits per heavy atom. The Bertz CT molecular complexity index is 490. The minimum Gasteiger partial charge on any atom is -0.385 e. The molecule has 0 bridgehead atoms. The number of hydrogen-bond donors (Lipinski definition) is 0. The molecule has 0 unspecified atom stereocenters. The number of methoxy groups -OCH3 is 1. The number of ether oxygens (including phenoxy) is 1. The number of fused-ring (bicyclic) bond motifs is 1. The number of nitrogens with zero attached hydrogens (tertiary/aromatic N) is 2. The lowest BCUT2D eigenvalue weighted by Crippen LogP contribution is -2.00. The summed E-state index contributed by atoms with van der Waals surface area (Å²) in [6.07, 6.45) is 4.72. The Morgan fingerprint density at radius 3 is 3.19 bits per heavy atom. The van der Waals surface area contributed by atoms with Crippen molar-refractivity contribution < 1.29 is 9.53 Å². The van der Waals surface area contributed by atoms with E-state index in [9.17, 15) is 4.79 Å². The number of aromatic nitrogens is 2. The molecule has 0 atom stereocenters. The zero-order chi connectivity index (χ0) is 11.4. The lowest BCUT2D eigenvalue weighted by molar-refractivity contribution is 0.0965. The van der Waals surface area contributed by atoms with Gasteiger partial charge in [0.15, 0.2) is 5.78 Å². The fourth-order valence-corrected chi connectivity index (χ4v) is 1.66. The van der Waals surface area contributed by atoms with E-state index in [1.54, 1.807) is 17.8 Å². The number of Topliss-reactive ketones (excluding diaryl/α,β-unsaturated/α-hetero) is 1. The summed E-state index contributed by atoms with van der Waals surface area (Å²) in [7, 11) is 1.64. The first kappa shape index (κ1) is 10.8. The van der Waals surface area contributed by atoms with Gasteiger partial charge in [-0.05, 0) is 18.6 Å². The van der Waals surface area contributed by atoms with Crippen LogP contribution in [-0.4, -0.2) is 29.1 Å². The van der Waals surface area contributed by atoms with Crippen molar-refractivity contribution in [3.8, 4) is 0 Å². The quantitative estimate of drug-likeness (QED) is 0.569. The van der Waals surface area contributed by atoms with E-state index < -0.39 is 0 Å². The molecule has 0 amide bonds. The fourth-order valence-electron chi connectivity index (χ4n) is 1.66. The van der Waals surface area contributed by atoms with Gasteiger partial charge in [0.05, 0.1) is 17.3 Å². The molecule has 0 aliphatic heterocycles. The number of carbonyl (C=O) groups is 1. The maximum Gasteiger partial charge on any atom is 0.166 e. The van der Waals surface area contributed by atoms with Crippen molar-refractivity contribution in [3.05, 3.63) is 36.2 Å². The van der Waals surface area contributed by atoms with Crippen LogP contribution >= 0.6 is 0 Å². The van der Waals surface area contributed by atoms with Crippen LogP contribution in [-0.2, 0) is 4.74 Å². The summed E-state index contributed by atoms with van der Waals surface area (Å²) in [4.78, 5) is 11.9. The summed E-state index contributed by atoms with van der Waals surface area (Å²) in [5, 5.41) is 4.13. The zero-order valence-electron chi connectivity index (χ0n) is 9.22. The Hall–Kier alpha value is -1.68. The van der Waals surface area contributed by atoms with E-state index in [1.165, 1.54) is 0 Å². The third-order valence-corrected chi connectivity index (χ3v) is 2.48. The van der Waals surface area contributed by atoms with Crippen molar-refractivity contribution in [3.63, 3.8) is 0 Å². The van der Waals surface area contributed by atoms with Crippen LogP contribution in [0.4, 0.5) is 0 Å². The molecular formula is C12H14N2O2. The van der Waals surface area contributed by atoms with E-state index >= 15 is 0 Å². The van der Waals surface area contributed by atoms with Crippen molar-refractivity contribution >= 4 is 11.3 Å². The minimum absolute atomic E-state index is 0.123. The van der Waals surface area contributed by atoms with Gasteiger partial charge in [-0.1, -0.05) is 6.07 Å². The topological polar surface area (TPSA) is 43.6 Å². The molecule has 0 saturated heterocycles. The van der Waals surface area contributed by atoms with E-state index in [-0.39, 0.29) is 5.78 Å². The van der Waals surface area contributed by atoms with Crippen LogP contribution in [0, 0.1) is 0 Å². The molecule has 2 aromatic rings. The van der Waals surface area contributed by atoms with Gasteiger partial charge in [-0.15, -0.1) is 0 Å². The SMILES string of the molecule is COCCCC(=O)c1cnn2ccccc12. The van der Waals surface area contributed by atoms with Crippen LogP contribution < -0.4 is 0 Å². The molecule has 0 saturated carbocycles. The standard InChI is InChI=1S/C12H14N2O2/c1-16-8-4-6-12(15)10-9-13-14-7-3-2-5-11(10)14/h2-3,5,7,9H,4,6,8H2,1H3. The van der Waals surface area contributed by atoms with Gasteiger partial charge in [0, 0.05) is 26.3 Å². The van der Waals surface area contributed by atoms with Gasteiger partial charge in [0.1, 0.15) is 0 Å². The summed E-state index contributed by atoms with van der Waals surface area (Å²) in [6, 6.07) is 5.69. The molecule has 2 aromatic heterocycles. The van der Waals surface area contributed by atoms with E-state index in [4.69, 9.17) is 4.74 Å². The molecule has 0 radical (unpaired) electrons. The third kappa shape index (κ3) is 2.12. The molecular weight excluding hydrogens is 204 g/mol. The predicted octanol–water partition coefficient (Wildman–Crippen LogP) is 1.94. The Labute approximate surface area is 93.8 Å². The predicted molar refractivity (Wildman–Crippen MR) is 60.6 cm³/mol. The molecule has 0 fully saturated rings. The molecule has 2 rings (SSSR count). The van der Waals surface area contributed by atoms with Crippen molar-refractivity contribution in [2.24, 2.45) is 0 Å². The van der Waals surface area contributed by atoms with Crippen LogP contribution in [0.5, 0.6) is 0 Å². The molecule has 84 valence electrons. The third-order valence-electron chi connectivity index (χ3n) is 2.48. The second-order valence-corrected chi connectivity index (χ2v) is 3.61. The lowest BCUT2D eigenvalue weighted by Gasteiger charge is -1.99. The van der Waals surface area contributed by atoms with Crippen LogP contribution in [0.25, 0.3) is 5.52 Å². The number of hydrogen-bond acceptors (Lipinski definition) is 3. The van der Waals surface area contributed by atoms with Gasteiger partial charge < -0.3 is 4.74 Å². The summed E-state index contributed by atoms with van der Waals surface area (Å²) in [6.45, 7) is 0.616. The maximum atomic E-state index is 11.9. The summed E-state index contributed by atoms with van der Waals surface area (Å²) < 4.78 is 6.64. The molecule has 0 aliphatic carbocycles. The second-order valence-electron chi connectivity index (χ2n) is 3.61. The van der Waals surface area contributed by atoms with Gasteiger partial charge >= 0.3 is 0 Å². The van der Waals surface area contributed by atoms with Gasteiger partial charge in [-0.25, -0.2) is 4.52 Å². The van der Waals surface area contributed by atoms with Crippen molar-refractivity contribution in [1.29, 1.82) is 0 Å². The van der Waals surface area contributed by atoms with Crippen molar-refractivity contribution in [2.45, 2.75) is 12.8 Å². The van der Waals surface area contributed by atoms with Crippen molar-refractivity contribution in [1.82, 2.24) is 9.61 Å². The number of ketones is 1. The average Bonchev–Trinajstić information content (AvgIpc) is 2.73. The minimum atomic E-state index is 0.123. The first-order chi connectivity index (χ1) is 7.83. The highest BCUT2D eigenvalue weighted by molar-refractivity contribution is 6.02. The number of pyridine rings is 1. The Balaban J connectivity index is 2.17. The first-order valence-corrected chi connectivity index (χ1v) is 5.27. The van der Waals surface area contributed by atoms with Crippen LogP contribution in [0.15, 0.2) is 30.6 Å². The Kier molecular flexibility index (Phi) is 3.31. The summed E-state index contributed by atoms with van der Waals surface area (Å²) in [5.74, 6) is 0.123. The zero-order valence-corrected chi connectivity index (χ0v) is 9.22. The molecule has 0 spiro atoms. The number of rotatable bonds is 5. The van der Waals surface area contributed by atoms with Gasteiger partial charge in [0.25, 0.3) is 0 Å². The van der Waals surface area contributed by atoms with Gasteiger partial charge in [0.2, 0.25) is 0 Å². The van der Waals surface area contributed by atoms with E-state index in [0.29, 0.717) is 18.6 Å².